The molecule has 2 N–H and O–H groups in total. The molecule has 7 heteroatoms. The van der Waals surface area contributed by atoms with Crippen molar-refractivity contribution in [2.75, 3.05) is 19.6 Å². The van der Waals surface area contributed by atoms with Gasteiger partial charge >= 0.3 is 12.3 Å². The predicted octanol–water partition coefficient (Wildman–Crippen LogP) is 2.71. The first-order chi connectivity index (χ1) is 10.3. The van der Waals surface area contributed by atoms with Crippen molar-refractivity contribution in [3.63, 3.8) is 0 Å². The van der Waals surface area contributed by atoms with Gasteiger partial charge in [0, 0.05) is 31.6 Å². The second-order valence-electron chi connectivity index (χ2n) is 6.33. The molecule has 1 saturated carbocycles. The lowest BCUT2D eigenvalue weighted by Crippen LogP contribution is -2.37. The van der Waals surface area contributed by atoms with Crippen LogP contribution in [0.1, 0.15) is 12.0 Å². The summed E-state index contributed by atoms with van der Waals surface area (Å²) in [6.07, 6.45) is -5.58. The highest BCUT2D eigenvalue weighted by atomic mass is 19.4. The number of piperidine rings is 1. The number of hydrogen-bond acceptors (Lipinski definition) is 2. The van der Waals surface area contributed by atoms with Crippen molar-refractivity contribution in [2.45, 2.75) is 19.1 Å². The van der Waals surface area contributed by atoms with Gasteiger partial charge in [0.2, 0.25) is 0 Å². The Balaban J connectivity index is 1.75. The molecule has 22 heavy (non-hydrogen) atoms. The Morgan fingerprint density at radius 3 is 2.55 bits per heavy atom. The lowest BCUT2D eigenvalue weighted by molar-refractivity contribution is -0.193. The quantitative estimate of drug-likeness (QED) is 0.898. The molecule has 1 aromatic carbocycles. The van der Waals surface area contributed by atoms with E-state index in [9.17, 15) is 18.0 Å². The van der Waals surface area contributed by atoms with Gasteiger partial charge in [0.25, 0.3) is 0 Å². The molecule has 1 saturated heterocycles. The Kier molecular flexibility index (Phi) is 3.36. The molecule has 1 aliphatic heterocycles. The molecule has 1 amide bonds. The van der Waals surface area contributed by atoms with Gasteiger partial charge in [0.05, 0.1) is 5.41 Å². The molecule has 120 valence electrons. The van der Waals surface area contributed by atoms with E-state index >= 15 is 0 Å². The fourth-order valence-corrected chi connectivity index (χ4v) is 3.81. The largest absolute Gasteiger partial charge is 0.465 e. The Labute approximate surface area is 125 Å². The molecule has 1 aromatic rings. The number of fused-ring (bicyclic) bond motifs is 1. The smallest absolute Gasteiger partial charge is 0.404 e. The molecular formula is C15H17F3N2O2. The van der Waals surface area contributed by atoms with Gasteiger partial charge in [-0.15, -0.1) is 0 Å². The van der Waals surface area contributed by atoms with Crippen LogP contribution < -0.4 is 5.32 Å². The van der Waals surface area contributed by atoms with Crippen LogP contribution in [0.15, 0.2) is 30.3 Å². The Hall–Kier alpha value is -1.76. The number of carbonyl (C=O) groups is 1. The molecule has 0 spiro atoms. The van der Waals surface area contributed by atoms with Crippen molar-refractivity contribution < 1.29 is 23.1 Å². The van der Waals surface area contributed by atoms with Crippen molar-refractivity contribution in [1.82, 2.24) is 10.2 Å². The summed E-state index contributed by atoms with van der Waals surface area (Å²) in [5, 5.41) is 10.8. The number of likely N-dealkylation sites (tertiary alicyclic amines) is 1. The third kappa shape index (κ3) is 2.33. The number of carboxylic acid groups (broad SMARTS) is 1. The predicted molar refractivity (Wildman–Crippen MR) is 73.3 cm³/mol. The number of hydrogen-bond donors (Lipinski definition) is 2. The molecule has 3 rings (SSSR count). The monoisotopic (exact) mass is 314 g/mol. The van der Waals surface area contributed by atoms with E-state index < -0.39 is 23.1 Å². The van der Waals surface area contributed by atoms with E-state index in [1.54, 1.807) is 4.90 Å². The number of nitrogens with zero attached hydrogens (tertiary/aromatic N) is 1. The highest BCUT2D eigenvalue weighted by molar-refractivity contribution is 5.64. The van der Waals surface area contributed by atoms with Crippen LogP contribution in [-0.2, 0) is 6.54 Å². The zero-order valence-electron chi connectivity index (χ0n) is 11.9. The second kappa shape index (κ2) is 4.87. The van der Waals surface area contributed by atoms with Crippen molar-refractivity contribution in [1.29, 1.82) is 0 Å². The van der Waals surface area contributed by atoms with E-state index in [-0.39, 0.29) is 26.1 Å². The van der Waals surface area contributed by atoms with Gasteiger partial charge in [-0.25, -0.2) is 4.79 Å². The van der Waals surface area contributed by atoms with Gasteiger partial charge in [-0.3, -0.25) is 4.90 Å². The molecule has 2 atom stereocenters. The summed E-state index contributed by atoms with van der Waals surface area (Å²) in [4.78, 5) is 12.4. The van der Waals surface area contributed by atoms with Crippen LogP contribution in [0.25, 0.3) is 0 Å². The van der Waals surface area contributed by atoms with Gasteiger partial charge in [0.15, 0.2) is 0 Å². The topological polar surface area (TPSA) is 52.6 Å². The van der Waals surface area contributed by atoms with E-state index in [2.05, 4.69) is 5.32 Å². The average Bonchev–Trinajstić information content (AvgIpc) is 2.96. The highest BCUT2D eigenvalue weighted by Gasteiger charge is 2.82. The molecule has 2 fully saturated rings. The van der Waals surface area contributed by atoms with E-state index in [4.69, 9.17) is 5.11 Å². The van der Waals surface area contributed by atoms with Crippen LogP contribution in [-0.4, -0.2) is 41.9 Å². The van der Waals surface area contributed by atoms with Crippen LogP contribution in [0.4, 0.5) is 18.0 Å². The van der Waals surface area contributed by atoms with E-state index in [1.807, 2.05) is 30.3 Å². The zero-order valence-corrected chi connectivity index (χ0v) is 11.9. The maximum Gasteiger partial charge on any atom is 0.404 e. The summed E-state index contributed by atoms with van der Waals surface area (Å²) in [5.74, 6) is 0. The van der Waals surface area contributed by atoms with E-state index in [0.717, 1.165) is 5.56 Å². The van der Waals surface area contributed by atoms with Crippen LogP contribution in [0, 0.1) is 10.8 Å². The lowest BCUT2D eigenvalue weighted by atomic mass is 9.95. The summed E-state index contributed by atoms with van der Waals surface area (Å²) in [6, 6.07) is 9.33. The first-order valence-corrected chi connectivity index (χ1v) is 7.08. The SMILES string of the molecule is O=C(O)NC[C@@]12CN(Cc3ccccc3)C[C@]1(C(F)(F)F)C2. The molecule has 2 aliphatic rings. The average molecular weight is 314 g/mol. The van der Waals surface area contributed by atoms with Crippen molar-refractivity contribution in [3.8, 4) is 0 Å². The summed E-state index contributed by atoms with van der Waals surface area (Å²) in [5.41, 5.74) is -1.82. The van der Waals surface area contributed by atoms with Crippen molar-refractivity contribution in [3.05, 3.63) is 35.9 Å². The number of alkyl halides is 3. The third-order valence-electron chi connectivity index (χ3n) is 4.92. The lowest BCUT2D eigenvalue weighted by Gasteiger charge is -2.22. The van der Waals surface area contributed by atoms with Gasteiger partial charge in [-0.1, -0.05) is 30.3 Å². The van der Waals surface area contributed by atoms with Gasteiger partial charge < -0.3 is 10.4 Å². The van der Waals surface area contributed by atoms with Gasteiger partial charge in [-0.05, 0) is 12.0 Å². The van der Waals surface area contributed by atoms with Crippen LogP contribution >= 0.6 is 0 Å². The maximum absolute atomic E-state index is 13.5. The van der Waals surface area contributed by atoms with E-state index in [0.29, 0.717) is 6.54 Å². The summed E-state index contributed by atoms with van der Waals surface area (Å²) in [6.45, 7) is 0.509. The summed E-state index contributed by atoms with van der Waals surface area (Å²) >= 11 is 0. The molecule has 0 aromatic heterocycles. The first kappa shape index (κ1) is 15.1. The Morgan fingerprint density at radius 1 is 1.27 bits per heavy atom. The van der Waals surface area contributed by atoms with Gasteiger partial charge in [0.1, 0.15) is 0 Å². The van der Waals surface area contributed by atoms with Crippen LogP contribution in [0.2, 0.25) is 0 Å². The number of rotatable bonds is 4. The Bertz CT molecular complexity index is 578. The fourth-order valence-electron chi connectivity index (χ4n) is 3.81. The second-order valence-corrected chi connectivity index (χ2v) is 6.33. The number of benzene rings is 1. The number of nitrogens with one attached hydrogen (secondary N) is 1. The molecule has 0 radical (unpaired) electrons. The van der Waals surface area contributed by atoms with Gasteiger partial charge in [-0.2, -0.15) is 13.2 Å². The third-order valence-corrected chi connectivity index (χ3v) is 4.92. The van der Waals surface area contributed by atoms with Crippen LogP contribution in [0.5, 0.6) is 0 Å². The standard InChI is InChI=1S/C15H17F3N2O2/c16-15(17,18)14-7-13(14,8-19-12(21)22)9-20(10-14)6-11-4-2-1-3-5-11/h1-5,19H,6-10H2,(H,21,22)/t13-,14+/m0/s1. The summed E-state index contributed by atoms with van der Waals surface area (Å²) in [7, 11) is 0. The van der Waals surface area contributed by atoms with Crippen molar-refractivity contribution >= 4 is 6.09 Å². The van der Waals surface area contributed by atoms with Crippen molar-refractivity contribution in [2.24, 2.45) is 10.8 Å². The minimum absolute atomic E-state index is 0.00900. The number of amides is 1. The van der Waals surface area contributed by atoms with Crippen LogP contribution in [0.3, 0.4) is 0 Å². The maximum atomic E-state index is 13.5. The number of halogens is 3. The molecule has 1 heterocycles. The first-order valence-electron chi connectivity index (χ1n) is 7.08. The summed E-state index contributed by atoms with van der Waals surface area (Å²) < 4.78 is 40.4. The molecule has 0 bridgehead atoms. The minimum Gasteiger partial charge on any atom is -0.465 e. The molecule has 4 nitrogen and oxygen atoms in total. The fraction of sp³-hybridized carbons (Fsp3) is 0.533. The zero-order chi connectivity index (χ0) is 16.0. The van der Waals surface area contributed by atoms with E-state index in [1.165, 1.54) is 0 Å². The highest BCUT2D eigenvalue weighted by Crippen LogP contribution is 2.74. The molecule has 0 unspecified atom stereocenters. The Morgan fingerprint density at radius 2 is 1.95 bits per heavy atom. The minimum atomic E-state index is -4.31. The molecule has 1 aliphatic carbocycles. The molecular weight excluding hydrogens is 297 g/mol. The normalized spacial score (nSPS) is 30.9.